The monoisotopic (exact) mass is 326 g/mol. The first-order chi connectivity index (χ1) is 11.0. The zero-order valence-corrected chi connectivity index (χ0v) is 13.9. The van der Waals surface area contributed by atoms with E-state index in [4.69, 9.17) is 0 Å². The Balaban J connectivity index is 2.01. The Labute approximate surface area is 136 Å². The van der Waals surface area contributed by atoms with Gasteiger partial charge in [0.05, 0.1) is 17.2 Å². The standard InChI is InChI=1S/C18H18N2O2S/c1-14-8-10-17(11-9-14)23(21,22)20-13-15(2)12-18(19-20)16-6-4-3-5-7-16/h3-12H,13H2,1-2H3. The quantitative estimate of drug-likeness (QED) is 0.868. The van der Waals surface area contributed by atoms with Gasteiger partial charge < -0.3 is 0 Å². The van der Waals surface area contributed by atoms with E-state index in [1.54, 1.807) is 24.3 Å². The Morgan fingerprint density at radius 3 is 2.26 bits per heavy atom. The number of hydrogen-bond donors (Lipinski definition) is 0. The number of hydrazone groups is 1. The minimum absolute atomic E-state index is 0.258. The molecule has 5 heteroatoms. The molecule has 4 nitrogen and oxygen atoms in total. The highest BCUT2D eigenvalue weighted by Crippen LogP contribution is 2.22. The molecule has 118 valence electrons. The maximum absolute atomic E-state index is 12.8. The predicted octanol–water partition coefficient (Wildman–Crippen LogP) is 3.35. The van der Waals surface area contributed by atoms with Crippen LogP contribution in [0.2, 0.25) is 0 Å². The molecule has 0 fully saturated rings. The van der Waals surface area contributed by atoms with Crippen LogP contribution in [0, 0.1) is 6.92 Å². The van der Waals surface area contributed by atoms with E-state index in [1.807, 2.05) is 50.3 Å². The Morgan fingerprint density at radius 1 is 0.957 bits per heavy atom. The Hall–Kier alpha value is -2.40. The van der Waals surface area contributed by atoms with Gasteiger partial charge in [0.25, 0.3) is 10.0 Å². The molecule has 0 N–H and O–H groups in total. The van der Waals surface area contributed by atoms with Gasteiger partial charge in [-0.3, -0.25) is 0 Å². The van der Waals surface area contributed by atoms with E-state index < -0.39 is 10.0 Å². The molecule has 0 aromatic heterocycles. The van der Waals surface area contributed by atoms with Gasteiger partial charge in [-0.05, 0) is 37.6 Å². The van der Waals surface area contributed by atoms with E-state index in [9.17, 15) is 8.42 Å². The molecule has 1 aliphatic rings. The third-order valence-electron chi connectivity index (χ3n) is 3.65. The van der Waals surface area contributed by atoms with Crippen molar-refractivity contribution in [1.82, 2.24) is 4.41 Å². The number of rotatable bonds is 3. The molecule has 0 aliphatic carbocycles. The average molecular weight is 326 g/mol. The van der Waals surface area contributed by atoms with Crippen molar-refractivity contribution in [2.75, 3.05) is 6.54 Å². The summed E-state index contributed by atoms with van der Waals surface area (Å²) in [6.07, 6.45) is 1.93. The van der Waals surface area contributed by atoms with Crippen molar-refractivity contribution in [3.05, 3.63) is 77.4 Å². The summed E-state index contributed by atoms with van der Waals surface area (Å²) in [6.45, 7) is 4.11. The molecule has 3 rings (SSSR count). The highest BCUT2D eigenvalue weighted by molar-refractivity contribution is 7.89. The molecule has 23 heavy (non-hydrogen) atoms. The van der Waals surface area contributed by atoms with Gasteiger partial charge in [0.15, 0.2) is 0 Å². The highest BCUT2D eigenvalue weighted by Gasteiger charge is 2.26. The fraction of sp³-hybridized carbons (Fsp3) is 0.167. The van der Waals surface area contributed by atoms with Crippen LogP contribution >= 0.6 is 0 Å². The third-order valence-corrected chi connectivity index (χ3v) is 5.29. The minimum atomic E-state index is -3.65. The van der Waals surface area contributed by atoms with Gasteiger partial charge >= 0.3 is 0 Å². The van der Waals surface area contributed by atoms with Gasteiger partial charge in [0.1, 0.15) is 0 Å². The number of nitrogens with zero attached hydrogens (tertiary/aromatic N) is 2. The van der Waals surface area contributed by atoms with Gasteiger partial charge in [-0.15, -0.1) is 0 Å². The van der Waals surface area contributed by atoms with Crippen LogP contribution in [0.25, 0.3) is 0 Å². The molecule has 0 bridgehead atoms. The van der Waals surface area contributed by atoms with E-state index in [0.29, 0.717) is 5.71 Å². The van der Waals surface area contributed by atoms with Crippen molar-refractivity contribution < 1.29 is 8.42 Å². The van der Waals surface area contributed by atoms with Crippen LogP contribution in [-0.4, -0.2) is 25.1 Å². The first-order valence-electron chi connectivity index (χ1n) is 7.37. The molecule has 0 spiro atoms. The Bertz CT molecular complexity index is 867. The lowest BCUT2D eigenvalue weighted by molar-refractivity contribution is 0.452. The average Bonchev–Trinajstić information content (AvgIpc) is 2.55. The van der Waals surface area contributed by atoms with Crippen molar-refractivity contribution in [1.29, 1.82) is 0 Å². The van der Waals surface area contributed by atoms with Crippen LogP contribution in [-0.2, 0) is 10.0 Å². The zero-order chi connectivity index (χ0) is 16.4. The van der Waals surface area contributed by atoms with Crippen LogP contribution in [0.15, 0.2) is 76.2 Å². The lowest BCUT2D eigenvalue weighted by atomic mass is 10.1. The smallest absolute Gasteiger partial charge is 0.200 e. The fourth-order valence-electron chi connectivity index (χ4n) is 2.40. The zero-order valence-electron chi connectivity index (χ0n) is 13.1. The van der Waals surface area contributed by atoms with Gasteiger partial charge in [0.2, 0.25) is 0 Å². The van der Waals surface area contributed by atoms with E-state index in [0.717, 1.165) is 16.7 Å². The SMILES string of the molecule is CC1=CC(c2ccccc2)=NN(S(=O)(=O)c2ccc(C)cc2)C1. The van der Waals surface area contributed by atoms with Crippen molar-refractivity contribution in [3.63, 3.8) is 0 Å². The first kappa shape index (κ1) is 15.5. The lowest BCUT2D eigenvalue weighted by Gasteiger charge is -2.24. The molecule has 1 aliphatic heterocycles. The van der Waals surface area contributed by atoms with Crippen LogP contribution < -0.4 is 0 Å². The summed E-state index contributed by atoms with van der Waals surface area (Å²) in [4.78, 5) is 0.258. The van der Waals surface area contributed by atoms with Crippen LogP contribution in [0.3, 0.4) is 0 Å². The summed E-state index contributed by atoms with van der Waals surface area (Å²) in [5, 5.41) is 4.36. The van der Waals surface area contributed by atoms with E-state index in [-0.39, 0.29) is 11.4 Å². The maximum Gasteiger partial charge on any atom is 0.279 e. The molecule has 0 radical (unpaired) electrons. The van der Waals surface area contributed by atoms with Crippen LogP contribution in [0.1, 0.15) is 18.1 Å². The number of sulfonamides is 1. The minimum Gasteiger partial charge on any atom is -0.200 e. The lowest BCUT2D eigenvalue weighted by Crippen LogP contribution is -2.31. The molecule has 2 aromatic rings. The molecule has 0 amide bonds. The van der Waals surface area contributed by atoms with Gasteiger partial charge in [-0.2, -0.15) is 17.9 Å². The molecular formula is C18H18N2O2S. The molecule has 0 saturated carbocycles. The normalized spacial score (nSPS) is 15.1. The van der Waals surface area contributed by atoms with Gasteiger partial charge in [-0.1, -0.05) is 48.0 Å². The summed E-state index contributed by atoms with van der Waals surface area (Å²) in [5.41, 5.74) is 3.53. The predicted molar refractivity (Wildman–Crippen MR) is 91.8 cm³/mol. The number of benzene rings is 2. The summed E-state index contributed by atoms with van der Waals surface area (Å²) in [6, 6.07) is 16.4. The number of hydrogen-bond acceptors (Lipinski definition) is 3. The third kappa shape index (κ3) is 3.19. The summed E-state index contributed by atoms with van der Waals surface area (Å²) in [7, 11) is -3.65. The largest absolute Gasteiger partial charge is 0.279 e. The van der Waals surface area contributed by atoms with E-state index in [2.05, 4.69) is 5.10 Å². The molecular weight excluding hydrogens is 308 g/mol. The number of allylic oxidation sites excluding steroid dienone is 1. The second-order valence-corrected chi connectivity index (χ2v) is 7.48. The van der Waals surface area contributed by atoms with Crippen LogP contribution in [0.4, 0.5) is 0 Å². The molecule has 0 unspecified atom stereocenters. The van der Waals surface area contributed by atoms with Gasteiger partial charge in [-0.25, -0.2) is 0 Å². The number of aryl methyl sites for hydroxylation is 1. The van der Waals surface area contributed by atoms with E-state index >= 15 is 0 Å². The summed E-state index contributed by atoms with van der Waals surface area (Å²) in [5.74, 6) is 0. The summed E-state index contributed by atoms with van der Waals surface area (Å²) >= 11 is 0. The van der Waals surface area contributed by atoms with E-state index in [1.165, 1.54) is 4.41 Å². The molecule has 0 atom stereocenters. The van der Waals surface area contributed by atoms with Crippen molar-refractivity contribution >= 4 is 15.7 Å². The highest BCUT2D eigenvalue weighted by atomic mass is 32.2. The molecule has 1 heterocycles. The maximum atomic E-state index is 12.8. The molecule has 2 aromatic carbocycles. The second kappa shape index (κ2) is 6.01. The Kier molecular flexibility index (Phi) is 4.05. The second-order valence-electron chi connectivity index (χ2n) is 5.64. The molecule has 0 saturated heterocycles. The van der Waals surface area contributed by atoms with Crippen molar-refractivity contribution in [3.8, 4) is 0 Å². The van der Waals surface area contributed by atoms with Crippen molar-refractivity contribution in [2.45, 2.75) is 18.7 Å². The fourth-order valence-corrected chi connectivity index (χ4v) is 3.69. The van der Waals surface area contributed by atoms with Crippen molar-refractivity contribution in [2.24, 2.45) is 5.10 Å². The first-order valence-corrected chi connectivity index (χ1v) is 8.81. The Morgan fingerprint density at radius 2 is 1.61 bits per heavy atom. The topological polar surface area (TPSA) is 49.7 Å². The van der Waals surface area contributed by atoms with Crippen LogP contribution in [0.5, 0.6) is 0 Å². The summed E-state index contributed by atoms with van der Waals surface area (Å²) < 4.78 is 26.8. The van der Waals surface area contributed by atoms with Gasteiger partial charge in [0, 0.05) is 5.56 Å².